The van der Waals surface area contributed by atoms with Crippen molar-refractivity contribution in [2.24, 2.45) is 4.99 Å². The van der Waals surface area contributed by atoms with E-state index in [1.165, 1.54) is 19.8 Å². The Bertz CT molecular complexity index is 640. The number of nitrogens with one attached hydrogen (secondary N) is 2. The summed E-state index contributed by atoms with van der Waals surface area (Å²) in [5.41, 5.74) is 1.14. The van der Waals surface area contributed by atoms with E-state index in [1.54, 1.807) is 22.7 Å². The van der Waals surface area contributed by atoms with Crippen molar-refractivity contribution in [2.45, 2.75) is 47.0 Å². The highest BCUT2D eigenvalue weighted by Crippen LogP contribution is 2.16. The molecule has 0 aliphatic rings. The van der Waals surface area contributed by atoms with Crippen LogP contribution in [0.1, 0.15) is 39.3 Å². The van der Waals surface area contributed by atoms with Crippen LogP contribution < -0.4 is 10.6 Å². The van der Waals surface area contributed by atoms with Crippen LogP contribution in [0.2, 0.25) is 0 Å². The SMILES string of the molecule is CCNC(=NCCc1nc(C)c(C)s1)NCCc1ncc(CC)s1. The molecule has 24 heavy (non-hydrogen) atoms. The van der Waals surface area contributed by atoms with Crippen molar-refractivity contribution in [3.8, 4) is 0 Å². The predicted octanol–water partition coefficient (Wildman–Crippen LogP) is 3.12. The smallest absolute Gasteiger partial charge is 0.191 e. The van der Waals surface area contributed by atoms with Crippen molar-refractivity contribution in [2.75, 3.05) is 19.6 Å². The van der Waals surface area contributed by atoms with E-state index in [9.17, 15) is 0 Å². The molecule has 2 aromatic rings. The monoisotopic (exact) mass is 365 g/mol. The van der Waals surface area contributed by atoms with Gasteiger partial charge in [0.1, 0.15) is 0 Å². The topological polar surface area (TPSA) is 62.2 Å². The highest BCUT2D eigenvalue weighted by Gasteiger charge is 2.04. The molecule has 0 unspecified atom stereocenters. The standard InChI is InChI=1S/C17H27N5S2/c1-5-14-11-21-15(24-14)7-9-19-17(18-6-2)20-10-8-16-22-12(3)13(4)23-16/h11H,5-10H2,1-4H3,(H2,18,19,20). The fourth-order valence-electron chi connectivity index (χ4n) is 2.17. The van der Waals surface area contributed by atoms with E-state index in [4.69, 9.17) is 0 Å². The molecule has 0 atom stereocenters. The summed E-state index contributed by atoms with van der Waals surface area (Å²) in [7, 11) is 0. The molecule has 5 nitrogen and oxygen atoms in total. The van der Waals surface area contributed by atoms with E-state index in [1.807, 2.05) is 6.20 Å². The van der Waals surface area contributed by atoms with Crippen LogP contribution in [-0.2, 0) is 19.3 Å². The van der Waals surface area contributed by atoms with Gasteiger partial charge in [-0.3, -0.25) is 4.99 Å². The van der Waals surface area contributed by atoms with Crippen molar-refractivity contribution < 1.29 is 0 Å². The number of aromatic nitrogens is 2. The Morgan fingerprint density at radius 1 is 1.12 bits per heavy atom. The van der Waals surface area contributed by atoms with E-state index in [2.05, 4.69) is 53.3 Å². The predicted molar refractivity (Wildman–Crippen MR) is 104 cm³/mol. The Balaban J connectivity index is 1.79. The third kappa shape index (κ3) is 5.87. The maximum absolute atomic E-state index is 4.64. The maximum atomic E-state index is 4.64. The van der Waals surface area contributed by atoms with Gasteiger partial charge in [0.2, 0.25) is 0 Å². The minimum absolute atomic E-state index is 0.749. The zero-order chi connectivity index (χ0) is 17.4. The van der Waals surface area contributed by atoms with Crippen LogP contribution in [0.25, 0.3) is 0 Å². The highest BCUT2D eigenvalue weighted by atomic mass is 32.1. The van der Waals surface area contributed by atoms with E-state index in [-0.39, 0.29) is 0 Å². The van der Waals surface area contributed by atoms with Crippen LogP contribution in [0.4, 0.5) is 0 Å². The van der Waals surface area contributed by atoms with Gasteiger partial charge < -0.3 is 10.6 Å². The molecule has 2 rings (SSSR count). The molecule has 0 spiro atoms. The molecule has 0 aliphatic heterocycles. The van der Waals surface area contributed by atoms with Gasteiger partial charge in [-0.15, -0.1) is 22.7 Å². The Hall–Kier alpha value is -1.47. The van der Waals surface area contributed by atoms with Gasteiger partial charge in [0.15, 0.2) is 5.96 Å². The molecule has 0 fully saturated rings. The summed E-state index contributed by atoms with van der Waals surface area (Å²) in [6.45, 7) is 10.9. The van der Waals surface area contributed by atoms with Crippen LogP contribution in [-0.4, -0.2) is 35.6 Å². The number of aliphatic imine (C=N–C) groups is 1. The number of hydrogen-bond acceptors (Lipinski definition) is 5. The summed E-state index contributed by atoms with van der Waals surface area (Å²) in [4.78, 5) is 16.3. The number of guanidine groups is 1. The number of aryl methyl sites for hydroxylation is 3. The molecular weight excluding hydrogens is 338 g/mol. The molecule has 2 heterocycles. The summed E-state index contributed by atoms with van der Waals surface area (Å²) >= 11 is 3.57. The van der Waals surface area contributed by atoms with Crippen LogP contribution in [0, 0.1) is 13.8 Å². The largest absolute Gasteiger partial charge is 0.357 e. The first-order valence-corrected chi connectivity index (χ1v) is 10.1. The van der Waals surface area contributed by atoms with Crippen LogP contribution >= 0.6 is 22.7 Å². The zero-order valence-corrected chi connectivity index (χ0v) is 16.6. The second-order valence-electron chi connectivity index (χ2n) is 5.51. The van der Waals surface area contributed by atoms with Crippen molar-refractivity contribution >= 4 is 28.6 Å². The van der Waals surface area contributed by atoms with Gasteiger partial charge in [0.25, 0.3) is 0 Å². The summed E-state index contributed by atoms with van der Waals surface area (Å²) in [5.74, 6) is 0.870. The minimum atomic E-state index is 0.749. The van der Waals surface area contributed by atoms with Gasteiger partial charge in [-0.05, 0) is 27.2 Å². The molecule has 0 saturated carbocycles. The molecule has 2 aromatic heterocycles. The second-order valence-corrected chi connectivity index (χ2v) is 8.00. The zero-order valence-electron chi connectivity index (χ0n) is 15.0. The molecule has 7 heteroatoms. The lowest BCUT2D eigenvalue weighted by molar-refractivity contribution is 0.793. The Labute approximate surface area is 152 Å². The average Bonchev–Trinajstić information content (AvgIpc) is 3.14. The van der Waals surface area contributed by atoms with Gasteiger partial charge in [-0.25, -0.2) is 9.97 Å². The number of rotatable bonds is 8. The Morgan fingerprint density at radius 2 is 1.96 bits per heavy atom. The summed E-state index contributed by atoms with van der Waals surface area (Å²) < 4.78 is 0. The first-order chi connectivity index (χ1) is 11.6. The molecule has 0 radical (unpaired) electrons. The summed E-state index contributed by atoms with van der Waals surface area (Å²) in [6.07, 6.45) is 4.87. The minimum Gasteiger partial charge on any atom is -0.357 e. The fourth-order valence-corrected chi connectivity index (χ4v) is 3.95. The van der Waals surface area contributed by atoms with Gasteiger partial charge in [-0.1, -0.05) is 6.92 Å². The molecule has 0 saturated heterocycles. The Morgan fingerprint density at radius 3 is 2.58 bits per heavy atom. The van der Waals surface area contributed by atoms with Gasteiger partial charge in [0.05, 0.1) is 15.7 Å². The van der Waals surface area contributed by atoms with E-state index in [0.29, 0.717) is 0 Å². The maximum Gasteiger partial charge on any atom is 0.191 e. The van der Waals surface area contributed by atoms with Gasteiger partial charge in [0, 0.05) is 48.4 Å². The lowest BCUT2D eigenvalue weighted by Gasteiger charge is -2.10. The third-order valence-corrected chi connectivity index (χ3v) is 5.93. The highest BCUT2D eigenvalue weighted by molar-refractivity contribution is 7.11. The lowest BCUT2D eigenvalue weighted by atomic mass is 10.4. The molecular formula is C17H27N5S2. The van der Waals surface area contributed by atoms with E-state index < -0.39 is 0 Å². The molecule has 132 valence electrons. The van der Waals surface area contributed by atoms with Crippen LogP contribution in [0.15, 0.2) is 11.2 Å². The lowest BCUT2D eigenvalue weighted by Crippen LogP contribution is -2.38. The Kier molecular flexibility index (Phi) is 7.65. The normalized spacial score (nSPS) is 11.8. The number of hydrogen-bond donors (Lipinski definition) is 2. The van der Waals surface area contributed by atoms with E-state index in [0.717, 1.165) is 50.6 Å². The third-order valence-electron chi connectivity index (χ3n) is 3.59. The number of thiazole rings is 2. The fraction of sp³-hybridized carbons (Fsp3) is 0.588. The van der Waals surface area contributed by atoms with Crippen molar-refractivity contribution in [3.63, 3.8) is 0 Å². The van der Waals surface area contributed by atoms with Gasteiger partial charge in [-0.2, -0.15) is 0 Å². The summed E-state index contributed by atoms with van der Waals surface area (Å²) in [6, 6.07) is 0. The number of nitrogens with zero attached hydrogens (tertiary/aromatic N) is 3. The van der Waals surface area contributed by atoms with Crippen LogP contribution in [0.3, 0.4) is 0 Å². The molecule has 0 aliphatic carbocycles. The molecule has 0 aromatic carbocycles. The van der Waals surface area contributed by atoms with E-state index >= 15 is 0 Å². The first-order valence-electron chi connectivity index (χ1n) is 8.51. The van der Waals surface area contributed by atoms with Crippen molar-refractivity contribution in [1.82, 2.24) is 20.6 Å². The van der Waals surface area contributed by atoms with Crippen molar-refractivity contribution in [3.05, 3.63) is 31.7 Å². The van der Waals surface area contributed by atoms with Crippen LogP contribution in [0.5, 0.6) is 0 Å². The average molecular weight is 366 g/mol. The van der Waals surface area contributed by atoms with Gasteiger partial charge >= 0.3 is 0 Å². The van der Waals surface area contributed by atoms with Crippen molar-refractivity contribution in [1.29, 1.82) is 0 Å². The first kappa shape index (κ1) is 18.9. The molecule has 2 N–H and O–H groups in total. The molecule has 0 bridgehead atoms. The molecule has 0 amide bonds. The quantitative estimate of drug-likeness (QED) is 0.557. The summed E-state index contributed by atoms with van der Waals surface area (Å²) in [5, 5.41) is 9.03. The second kappa shape index (κ2) is 9.74.